The number of rotatable bonds is 6. The fourth-order valence-electron chi connectivity index (χ4n) is 4.10. The Balaban J connectivity index is 0.000000409. The van der Waals surface area contributed by atoms with Gasteiger partial charge in [-0.15, -0.1) is 0 Å². The summed E-state index contributed by atoms with van der Waals surface area (Å²) in [7, 11) is 1.72. The van der Waals surface area contributed by atoms with Crippen LogP contribution in [0.5, 0.6) is 5.75 Å². The number of nitrogens with zero attached hydrogens (tertiary/aromatic N) is 2. The van der Waals surface area contributed by atoms with E-state index in [-0.39, 0.29) is 7.21 Å². The molecule has 1 fully saturated rings. The zero-order valence-corrected chi connectivity index (χ0v) is 21.3. The third-order valence-electron chi connectivity index (χ3n) is 6.68. The van der Waals surface area contributed by atoms with Gasteiger partial charge in [-0.3, -0.25) is 9.78 Å². The Morgan fingerprint density at radius 2 is 1.74 bits per heavy atom. The standard InChI is InChI=1S/C22H28N2O2.C8H10.H2/c1-4-21(25)18-5-7-19(23-15-18)13-17-6-8-20(14-22(17)26-3)24-11-9-16(2)10-12-24;1-7-5-3-4-6-8(7)2;/h5-8,14-16H,4,9-13H2,1-3H3;3-6H,1-2H3;1H. The lowest BCUT2D eigenvalue weighted by Crippen LogP contribution is -2.32. The smallest absolute Gasteiger partial charge is 0.164 e. The van der Waals surface area contributed by atoms with E-state index in [9.17, 15) is 4.79 Å². The van der Waals surface area contributed by atoms with E-state index in [0.717, 1.165) is 36.0 Å². The van der Waals surface area contributed by atoms with Crippen molar-refractivity contribution in [2.45, 2.75) is 53.4 Å². The van der Waals surface area contributed by atoms with Crippen LogP contribution in [0.3, 0.4) is 0 Å². The van der Waals surface area contributed by atoms with Crippen LogP contribution in [0, 0.1) is 19.8 Å². The largest absolute Gasteiger partial charge is 0.496 e. The number of benzene rings is 2. The van der Waals surface area contributed by atoms with E-state index < -0.39 is 0 Å². The fraction of sp³-hybridized carbons (Fsp3) is 0.400. The molecule has 0 saturated carbocycles. The Labute approximate surface area is 206 Å². The molecule has 3 aromatic rings. The maximum absolute atomic E-state index is 11.7. The lowest BCUT2D eigenvalue weighted by Gasteiger charge is -2.32. The molecule has 1 aliphatic heterocycles. The van der Waals surface area contributed by atoms with Gasteiger partial charge in [0.25, 0.3) is 0 Å². The fourth-order valence-corrected chi connectivity index (χ4v) is 4.10. The molecule has 34 heavy (non-hydrogen) atoms. The second kappa shape index (κ2) is 12.4. The minimum absolute atomic E-state index is 0. The summed E-state index contributed by atoms with van der Waals surface area (Å²) in [5.41, 5.74) is 6.70. The number of hydrogen-bond donors (Lipinski definition) is 0. The molecule has 0 bridgehead atoms. The van der Waals surface area contributed by atoms with Crippen molar-refractivity contribution in [2.24, 2.45) is 5.92 Å². The number of carbonyl (C=O) groups is 1. The first-order valence-electron chi connectivity index (χ1n) is 12.3. The van der Waals surface area contributed by atoms with Crippen molar-refractivity contribution in [3.63, 3.8) is 0 Å². The summed E-state index contributed by atoms with van der Waals surface area (Å²) in [6, 6.07) is 18.6. The zero-order chi connectivity index (χ0) is 24.5. The van der Waals surface area contributed by atoms with Gasteiger partial charge in [-0.05, 0) is 61.9 Å². The summed E-state index contributed by atoms with van der Waals surface area (Å²) in [4.78, 5) is 18.6. The van der Waals surface area contributed by atoms with Gasteiger partial charge >= 0.3 is 0 Å². The van der Waals surface area contributed by atoms with Crippen molar-refractivity contribution in [1.82, 2.24) is 4.98 Å². The number of pyridine rings is 1. The molecule has 1 saturated heterocycles. The second-order valence-electron chi connectivity index (χ2n) is 9.24. The van der Waals surface area contributed by atoms with Crippen LogP contribution in [0.15, 0.2) is 60.8 Å². The van der Waals surface area contributed by atoms with Crippen LogP contribution in [-0.2, 0) is 6.42 Å². The molecule has 2 heterocycles. The maximum atomic E-state index is 11.7. The molecule has 0 spiro atoms. The first-order chi connectivity index (χ1) is 16.4. The Bertz CT molecular complexity index is 1050. The number of carbonyl (C=O) groups excluding carboxylic acids is 1. The highest BCUT2D eigenvalue weighted by Gasteiger charge is 2.17. The first kappa shape index (κ1) is 25.5. The summed E-state index contributed by atoms with van der Waals surface area (Å²) in [6.07, 6.45) is 5.37. The number of ketones is 1. The highest BCUT2D eigenvalue weighted by atomic mass is 16.5. The molecule has 2 aromatic carbocycles. The van der Waals surface area contributed by atoms with Gasteiger partial charge in [-0.1, -0.05) is 44.2 Å². The molecule has 4 rings (SSSR count). The second-order valence-corrected chi connectivity index (χ2v) is 9.24. The number of aromatic nitrogens is 1. The number of aryl methyl sites for hydroxylation is 2. The summed E-state index contributed by atoms with van der Waals surface area (Å²) in [6.45, 7) is 10.7. The maximum Gasteiger partial charge on any atom is 0.164 e. The van der Waals surface area contributed by atoms with Crippen LogP contribution in [0.25, 0.3) is 0 Å². The summed E-state index contributed by atoms with van der Waals surface area (Å²) in [5, 5.41) is 0. The highest BCUT2D eigenvalue weighted by Crippen LogP contribution is 2.30. The average Bonchev–Trinajstić information content (AvgIpc) is 2.87. The zero-order valence-electron chi connectivity index (χ0n) is 21.3. The van der Waals surface area contributed by atoms with Crippen LogP contribution < -0.4 is 9.64 Å². The lowest BCUT2D eigenvalue weighted by molar-refractivity contribution is 0.0988. The van der Waals surface area contributed by atoms with Crippen LogP contribution in [0.1, 0.15) is 67.3 Å². The van der Waals surface area contributed by atoms with Gasteiger partial charge in [0.15, 0.2) is 5.78 Å². The van der Waals surface area contributed by atoms with Gasteiger partial charge in [0.05, 0.1) is 7.11 Å². The van der Waals surface area contributed by atoms with Crippen LogP contribution in [-0.4, -0.2) is 31.0 Å². The number of Topliss-reactive ketones (excluding diaryl/α,β-unsaturated/α-hetero) is 1. The van der Waals surface area contributed by atoms with Crippen LogP contribution in [0.2, 0.25) is 0 Å². The molecule has 0 N–H and O–H groups in total. The monoisotopic (exact) mass is 460 g/mol. The Morgan fingerprint density at radius 1 is 1.06 bits per heavy atom. The summed E-state index contributed by atoms with van der Waals surface area (Å²) in [5.74, 6) is 1.85. The summed E-state index contributed by atoms with van der Waals surface area (Å²) < 4.78 is 5.64. The molecule has 1 aliphatic rings. The molecule has 0 radical (unpaired) electrons. The van der Waals surface area contributed by atoms with E-state index in [1.54, 1.807) is 13.3 Å². The van der Waals surface area contributed by atoms with E-state index in [1.165, 1.54) is 29.7 Å². The van der Waals surface area contributed by atoms with Crippen molar-refractivity contribution in [3.05, 3.63) is 88.7 Å². The van der Waals surface area contributed by atoms with Gasteiger partial charge in [0.2, 0.25) is 0 Å². The van der Waals surface area contributed by atoms with Crippen LogP contribution >= 0.6 is 0 Å². The molecule has 0 unspecified atom stereocenters. The SMILES string of the molecule is CCC(=O)c1ccc(Cc2ccc(N3CCC(C)CC3)cc2OC)nc1.Cc1ccccc1C.[HH]. The third kappa shape index (κ3) is 6.93. The van der Waals surface area contributed by atoms with Crippen molar-refractivity contribution < 1.29 is 11.0 Å². The van der Waals surface area contributed by atoms with Gasteiger partial charge in [-0.25, -0.2) is 0 Å². The van der Waals surface area contributed by atoms with E-state index in [4.69, 9.17) is 4.74 Å². The number of methoxy groups -OCH3 is 1. The number of ether oxygens (including phenoxy) is 1. The van der Waals surface area contributed by atoms with E-state index in [0.29, 0.717) is 18.4 Å². The quantitative estimate of drug-likeness (QED) is 0.369. The third-order valence-corrected chi connectivity index (χ3v) is 6.68. The van der Waals surface area contributed by atoms with Gasteiger partial charge < -0.3 is 9.64 Å². The van der Waals surface area contributed by atoms with Gasteiger partial charge in [-0.2, -0.15) is 0 Å². The minimum atomic E-state index is 0. The van der Waals surface area contributed by atoms with Crippen molar-refractivity contribution in [1.29, 1.82) is 0 Å². The Kier molecular flexibility index (Phi) is 9.26. The predicted octanol–water partition coefficient (Wildman–Crippen LogP) is 7.06. The first-order valence-corrected chi connectivity index (χ1v) is 12.3. The average molecular weight is 461 g/mol. The van der Waals surface area contributed by atoms with Gasteiger partial charge in [0, 0.05) is 62.1 Å². The molecule has 182 valence electrons. The van der Waals surface area contributed by atoms with Gasteiger partial charge in [0.1, 0.15) is 5.75 Å². The molecule has 0 atom stereocenters. The molecule has 4 nitrogen and oxygen atoms in total. The normalized spacial score (nSPS) is 13.7. The number of piperidine rings is 1. The number of anilines is 1. The molecular formula is C30H40N2O2. The predicted molar refractivity (Wildman–Crippen MR) is 143 cm³/mol. The van der Waals surface area contributed by atoms with Crippen molar-refractivity contribution in [2.75, 3.05) is 25.1 Å². The van der Waals surface area contributed by atoms with E-state index in [2.05, 4.69) is 73.1 Å². The molecular weight excluding hydrogens is 420 g/mol. The molecule has 0 amide bonds. The van der Waals surface area contributed by atoms with E-state index >= 15 is 0 Å². The Hall–Kier alpha value is -3.14. The molecule has 1 aromatic heterocycles. The molecule has 0 aliphatic carbocycles. The number of hydrogen-bond acceptors (Lipinski definition) is 4. The van der Waals surface area contributed by atoms with Crippen LogP contribution in [0.4, 0.5) is 5.69 Å². The highest BCUT2D eigenvalue weighted by molar-refractivity contribution is 5.95. The lowest BCUT2D eigenvalue weighted by atomic mass is 9.98. The van der Waals surface area contributed by atoms with Crippen molar-refractivity contribution in [3.8, 4) is 5.75 Å². The topological polar surface area (TPSA) is 42.4 Å². The summed E-state index contributed by atoms with van der Waals surface area (Å²) >= 11 is 0. The van der Waals surface area contributed by atoms with E-state index in [1.807, 2.05) is 19.1 Å². The minimum Gasteiger partial charge on any atom is -0.496 e. The van der Waals surface area contributed by atoms with Crippen molar-refractivity contribution >= 4 is 11.5 Å². The Morgan fingerprint density at radius 3 is 2.26 bits per heavy atom. The molecule has 4 heteroatoms.